The number of sulfonamides is 1. The van der Waals surface area contributed by atoms with E-state index >= 15 is 0 Å². The number of aryl methyl sites for hydroxylation is 1. The minimum absolute atomic E-state index is 0.0361. The minimum atomic E-state index is -3.99. The molecule has 7 heteroatoms. The van der Waals surface area contributed by atoms with E-state index in [0.717, 1.165) is 9.87 Å². The molecule has 0 bridgehead atoms. The Morgan fingerprint density at radius 2 is 1.65 bits per heavy atom. The molecule has 6 nitrogen and oxygen atoms in total. The molecule has 0 saturated carbocycles. The quantitative estimate of drug-likeness (QED) is 0.620. The van der Waals surface area contributed by atoms with Gasteiger partial charge in [0.1, 0.15) is 6.54 Å². The maximum Gasteiger partial charge on any atom is 0.347 e. The fourth-order valence-electron chi connectivity index (χ4n) is 2.31. The molecule has 0 spiro atoms. The topological polar surface area (TPSA) is 80.8 Å². The lowest BCUT2D eigenvalue weighted by molar-refractivity contribution is -0.135. The molecule has 3 rings (SSSR count). The molecule has 0 atom stereocenters. The van der Waals surface area contributed by atoms with Gasteiger partial charge in [0.25, 0.3) is 10.0 Å². The first-order valence-corrected chi connectivity index (χ1v) is 8.27. The van der Waals surface area contributed by atoms with Crippen molar-refractivity contribution in [2.45, 2.75) is 11.8 Å². The Balaban J connectivity index is 2.17. The lowest BCUT2D eigenvalue weighted by Crippen LogP contribution is -2.35. The maximum atomic E-state index is 12.9. The van der Waals surface area contributed by atoms with E-state index in [4.69, 9.17) is 0 Å². The molecule has 1 aliphatic heterocycles. The fraction of sp³-hybridized carbons (Fsp3) is 0.125. The first kappa shape index (κ1) is 15.2. The number of carbonyl (C=O) groups is 2. The third kappa shape index (κ3) is 2.70. The van der Waals surface area contributed by atoms with Crippen LogP contribution < -0.4 is 4.31 Å². The van der Waals surface area contributed by atoms with Crippen molar-refractivity contribution in [1.29, 1.82) is 0 Å². The van der Waals surface area contributed by atoms with Crippen LogP contribution in [0.5, 0.6) is 0 Å². The number of ether oxygens (including phenoxy) is 1. The highest BCUT2D eigenvalue weighted by molar-refractivity contribution is 7.92. The molecule has 0 amide bonds. The van der Waals surface area contributed by atoms with E-state index in [1.165, 1.54) is 24.3 Å². The summed E-state index contributed by atoms with van der Waals surface area (Å²) in [7, 11) is -3.99. The van der Waals surface area contributed by atoms with Crippen molar-refractivity contribution in [2.75, 3.05) is 10.8 Å². The molecule has 0 fully saturated rings. The number of cyclic esters (lactones) is 2. The number of anilines is 1. The standard InChI is InChI=1S/C16H13NO5S/c1-11-6-8-12(9-7-11)23(20,21)17-10-15(18)22-16(19)13-4-2-3-5-14(13)17/h2-9H,10H2,1H3. The summed E-state index contributed by atoms with van der Waals surface area (Å²) in [5.41, 5.74) is 1.08. The molecule has 0 saturated heterocycles. The second kappa shape index (κ2) is 5.51. The van der Waals surface area contributed by atoms with Gasteiger partial charge in [0.05, 0.1) is 16.1 Å². The highest BCUT2D eigenvalue weighted by Gasteiger charge is 2.34. The van der Waals surface area contributed by atoms with Crippen LogP contribution in [0.15, 0.2) is 53.4 Å². The van der Waals surface area contributed by atoms with Gasteiger partial charge in [0.2, 0.25) is 0 Å². The van der Waals surface area contributed by atoms with Crippen molar-refractivity contribution in [1.82, 2.24) is 0 Å². The SMILES string of the molecule is Cc1ccc(S(=O)(=O)N2CC(=O)OC(=O)c3ccccc32)cc1. The predicted octanol–water partition coefficient (Wildman–Crippen LogP) is 1.89. The van der Waals surface area contributed by atoms with Crippen molar-refractivity contribution in [3.63, 3.8) is 0 Å². The second-order valence-electron chi connectivity index (χ2n) is 5.10. The van der Waals surface area contributed by atoms with Gasteiger partial charge in [-0.15, -0.1) is 0 Å². The van der Waals surface area contributed by atoms with Crippen LogP contribution in [-0.2, 0) is 19.6 Å². The molecule has 1 heterocycles. The predicted molar refractivity (Wildman–Crippen MR) is 82.6 cm³/mol. The molecular weight excluding hydrogens is 318 g/mol. The largest absolute Gasteiger partial charge is 0.388 e. The molecular formula is C16H13NO5S. The van der Waals surface area contributed by atoms with Gasteiger partial charge in [-0.3, -0.25) is 4.31 Å². The fourth-order valence-corrected chi connectivity index (χ4v) is 3.74. The lowest BCUT2D eigenvalue weighted by atomic mass is 10.2. The van der Waals surface area contributed by atoms with E-state index in [2.05, 4.69) is 4.74 Å². The molecule has 0 unspecified atom stereocenters. The monoisotopic (exact) mass is 331 g/mol. The first-order chi connectivity index (χ1) is 10.9. The number of carbonyl (C=O) groups excluding carboxylic acids is 2. The summed E-state index contributed by atoms with van der Waals surface area (Å²) in [5, 5.41) is 0. The van der Waals surface area contributed by atoms with Crippen molar-refractivity contribution in [3.05, 3.63) is 59.7 Å². The summed E-state index contributed by atoms with van der Waals surface area (Å²) in [6.07, 6.45) is 0. The Morgan fingerprint density at radius 1 is 1.00 bits per heavy atom. The van der Waals surface area contributed by atoms with Gasteiger partial charge in [-0.05, 0) is 31.2 Å². The number of hydrogen-bond acceptors (Lipinski definition) is 5. The highest BCUT2D eigenvalue weighted by atomic mass is 32.2. The zero-order valence-electron chi connectivity index (χ0n) is 12.2. The summed E-state index contributed by atoms with van der Waals surface area (Å²) >= 11 is 0. The highest BCUT2D eigenvalue weighted by Crippen LogP contribution is 2.29. The summed E-state index contributed by atoms with van der Waals surface area (Å²) in [4.78, 5) is 23.7. The number of para-hydroxylation sites is 1. The third-order valence-corrected chi connectivity index (χ3v) is 5.25. The number of hydrogen-bond donors (Lipinski definition) is 0. The summed E-state index contributed by atoms with van der Waals surface area (Å²) in [6.45, 7) is 1.28. The van der Waals surface area contributed by atoms with E-state index in [1.807, 2.05) is 6.92 Å². The Hall–Kier alpha value is -2.67. The molecule has 2 aromatic carbocycles. The number of rotatable bonds is 2. The van der Waals surface area contributed by atoms with Crippen molar-refractivity contribution < 1.29 is 22.7 Å². The van der Waals surface area contributed by atoms with Gasteiger partial charge < -0.3 is 4.74 Å². The van der Waals surface area contributed by atoms with Gasteiger partial charge >= 0.3 is 11.9 Å². The summed E-state index contributed by atoms with van der Waals surface area (Å²) < 4.78 is 31.3. The molecule has 1 aliphatic rings. The molecule has 0 aliphatic carbocycles. The van der Waals surface area contributed by atoms with E-state index < -0.39 is 28.5 Å². The van der Waals surface area contributed by atoms with Crippen LogP contribution in [0.2, 0.25) is 0 Å². The van der Waals surface area contributed by atoms with Crippen LogP contribution in [-0.4, -0.2) is 26.9 Å². The lowest BCUT2D eigenvalue weighted by Gasteiger charge is -2.22. The molecule has 2 aromatic rings. The Kier molecular flexibility index (Phi) is 3.65. The van der Waals surface area contributed by atoms with Crippen LogP contribution in [0.4, 0.5) is 5.69 Å². The Labute approximate surface area is 133 Å². The van der Waals surface area contributed by atoms with E-state index in [9.17, 15) is 18.0 Å². The van der Waals surface area contributed by atoms with Crippen molar-refractivity contribution in [2.24, 2.45) is 0 Å². The maximum absolute atomic E-state index is 12.9. The van der Waals surface area contributed by atoms with E-state index in [0.29, 0.717) is 0 Å². The Morgan fingerprint density at radius 3 is 2.35 bits per heavy atom. The Bertz CT molecular complexity index is 887. The van der Waals surface area contributed by atoms with Crippen LogP contribution in [0.1, 0.15) is 15.9 Å². The summed E-state index contributed by atoms with van der Waals surface area (Å²) in [6, 6.07) is 12.3. The van der Waals surface area contributed by atoms with Crippen LogP contribution in [0, 0.1) is 6.92 Å². The van der Waals surface area contributed by atoms with Crippen LogP contribution in [0.3, 0.4) is 0 Å². The number of benzene rings is 2. The zero-order valence-corrected chi connectivity index (χ0v) is 13.0. The van der Waals surface area contributed by atoms with Gasteiger partial charge in [-0.1, -0.05) is 29.8 Å². The average Bonchev–Trinajstić information content (AvgIpc) is 2.65. The van der Waals surface area contributed by atoms with Crippen molar-refractivity contribution >= 4 is 27.6 Å². The molecule has 118 valence electrons. The van der Waals surface area contributed by atoms with Gasteiger partial charge in [-0.25, -0.2) is 18.0 Å². The summed E-state index contributed by atoms with van der Waals surface area (Å²) in [5.74, 6) is -1.77. The number of esters is 2. The molecule has 0 aromatic heterocycles. The normalized spacial score (nSPS) is 14.9. The minimum Gasteiger partial charge on any atom is -0.388 e. The van der Waals surface area contributed by atoms with Crippen LogP contribution in [0.25, 0.3) is 0 Å². The van der Waals surface area contributed by atoms with E-state index in [1.54, 1.807) is 24.3 Å². The molecule has 0 N–H and O–H groups in total. The van der Waals surface area contributed by atoms with Gasteiger partial charge in [-0.2, -0.15) is 0 Å². The number of fused-ring (bicyclic) bond motifs is 1. The van der Waals surface area contributed by atoms with Crippen LogP contribution >= 0.6 is 0 Å². The van der Waals surface area contributed by atoms with Crippen molar-refractivity contribution in [3.8, 4) is 0 Å². The number of nitrogens with zero attached hydrogens (tertiary/aromatic N) is 1. The molecule has 0 radical (unpaired) electrons. The third-order valence-electron chi connectivity index (χ3n) is 3.48. The van der Waals surface area contributed by atoms with Gasteiger partial charge in [0, 0.05) is 0 Å². The first-order valence-electron chi connectivity index (χ1n) is 6.83. The van der Waals surface area contributed by atoms with E-state index in [-0.39, 0.29) is 16.1 Å². The zero-order chi connectivity index (χ0) is 16.6. The smallest absolute Gasteiger partial charge is 0.347 e. The second-order valence-corrected chi connectivity index (χ2v) is 6.97. The average molecular weight is 331 g/mol. The van der Waals surface area contributed by atoms with Gasteiger partial charge in [0.15, 0.2) is 0 Å². The molecule has 23 heavy (non-hydrogen) atoms.